The Labute approximate surface area is 103 Å². The highest BCUT2D eigenvalue weighted by Gasteiger charge is 2.16. The second-order valence-electron chi connectivity index (χ2n) is 3.67. The van der Waals surface area contributed by atoms with Crippen LogP contribution in [0.1, 0.15) is 16.1 Å². The summed E-state index contributed by atoms with van der Waals surface area (Å²) in [6.45, 7) is 0.670. The van der Waals surface area contributed by atoms with Gasteiger partial charge in [-0.2, -0.15) is 0 Å². The normalized spacial score (nSPS) is 10.7. The molecule has 1 heterocycles. The molecule has 0 aliphatic heterocycles. The van der Waals surface area contributed by atoms with Gasteiger partial charge in [-0.25, -0.2) is 18.6 Å². The highest BCUT2D eigenvalue weighted by molar-refractivity contribution is 5.89. The molecular formula is C11H14F2N2O3. The Kier molecular flexibility index (Phi) is 4.96. The van der Waals surface area contributed by atoms with E-state index in [-0.39, 0.29) is 30.2 Å². The number of anilines is 1. The van der Waals surface area contributed by atoms with Crippen molar-refractivity contribution in [1.29, 1.82) is 0 Å². The number of hydrogen-bond donors (Lipinski definition) is 2. The Bertz CT molecular complexity index is 427. The van der Waals surface area contributed by atoms with Crippen LogP contribution < -0.4 is 4.90 Å². The standard InChI is InChI=1S/C11H14F2N2O3/c1-7-8(11(17)18)2-3-10(14-7)15(4-5-16)6-9(12)13/h2-3,9,16H,4-6H2,1H3,(H,17,18). The molecule has 0 aliphatic rings. The molecule has 100 valence electrons. The number of hydrogen-bond acceptors (Lipinski definition) is 4. The van der Waals surface area contributed by atoms with Gasteiger partial charge in [-0.3, -0.25) is 0 Å². The van der Waals surface area contributed by atoms with Crippen LogP contribution in [0.15, 0.2) is 12.1 Å². The number of nitrogens with zero attached hydrogens (tertiary/aromatic N) is 2. The topological polar surface area (TPSA) is 73.7 Å². The second-order valence-corrected chi connectivity index (χ2v) is 3.67. The number of aliphatic hydroxyl groups excluding tert-OH is 1. The number of aromatic carboxylic acids is 1. The Morgan fingerprint density at radius 2 is 2.17 bits per heavy atom. The van der Waals surface area contributed by atoms with Crippen LogP contribution in [0.5, 0.6) is 0 Å². The Morgan fingerprint density at radius 1 is 1.50 bits per heavy atom. The van der Waals surface area contributed by atoms with E-state index >= 15 is 0 Å². The fraction of sp³-hybridized carbons (Fsp3) is 0.455. The highest BCUT2D eigenvalue weighted by Crippen LogP contribution is 2.16. The number of aromatic nitrogens is 1. The minimum Gasteiger partial charge on any atom is -0.478 e. The van der Waals surface area contributed by atoms with Crippen LogP contribution in [0.2, 0.25) is 0 Å². The van der Waals surface area contributed by atoms with Crippen molar-refractivity contribution in [3.8, 4) is 0 Å². The minimum absolute atomic E-state index is 0.0171. The van der Waals surface area contributed by atoms with Crippen molar-refractivity contribution < 1.29 is 23.8 Å². The number of carbonyl (C=O) groups is 1. The van der Waals surface area contributed by atoms with Gasteiger partial charge in [0, 0.05) is 6.54 Å². The summed E-state index contributed by atoms with van der Waals surface area (Å²) in [6.07, 6.45) is -2.56. The van der Waals surface area contributed by atoms with Gasteiger partial charge in [-0.1, -0.05) is 0 Å². The Balaban J connectivity index is 2.98. The van der Waals surface area contributed by atoms with Gasteiger partial charge in [0.25, 0.3) is 6.43 Å². The fourth-order valence-corrected chi connectivity index (χ4v) is 1.54. The number of pyridine rings is 1. The van der Waals surface area contributed by atoms with E-state index in [2.05, 4.69) is 4.98 Å². The maximum Gasteiger partial charge on any atom is 0.337 e. The number of rotatable bonds is 6. The molecule has 1 rings (SSSR count). The molecule has 0 saturated carbocycles. The zero-order valence-electron chi connectivity index (χ0n) is 9.81. The number of carboxylic acids is 1. The van der Waals surface area contributed by atoms with Gasteiger partial charge in [0.15, 0.2) is 0 Å². The van der Waals surface area contributed by atoms with Gasteiger partial charge in [0.2, 0.25) is 0 Å². The van der Waals surface area contributed by atoms with Gasteiger partial charge in [-0.15, -0.1) is 0 Å². The third-order valence-corrected chi connectivity index (χ3v) is 2.35. The van der Waals surface area contributed by atoms with Crippen LogP contribution in [0.25, 0.3) is 0 Å². The summed E-state index contributed by atoms with van der Waals surface area (Å²) >= 11 is 0. The first kappa shape index (κ1) is 14.3. The molecule has 0 bridgehead atoms. The molecule has 1 aromatic rings. The average molecular weight is 260 g/mol. The molecular weight excluding hydrogens is 246 g/mol. The lowest BCUT2D eigenvalue weighted by molar-refractivity contribution is 0.0695. The molecule has 0 aliphatic carbocycles. The van der Waals surface area contributed by atoms with Gasteiger partial charge >= 0.3 is 5.97 Å². The molecule has 18 heavy (non-hydrogen) atoms. The summed E-state index contributed by atoms with van der Waals surface area (Å²) < 4.78 is 24.7. The Hall–Kier alpha value is -1.76. The van der Waals surface area contributed by atoms with Gasteiger partial charge in [0.05, 0.1) is 24.4 Å². The van der Waals surface area contributed by atoms with E-state index in [1.54, 1.807) is 0 Å². The van der Waals surface area contributed by atoms with Crippen LogP contribution in [-0.2, 0) is 0 Å². The SMILES string of the molecule is Cc1nc(N(CCO)CC(F)F)ccc1C(=O)O. The molecule has 2 N–H and O–H groups in total. The first-order chi connectivity index (χ1) is 8.45. The van der Waals surface area contributed by atoms with E-state index in [9.17, 15) is 13.6 Å². The van der Waals surface area contributed by atoms with Gasteiger partial charge in [0.1, 0.15) is 5.82 Å². The number of halogens is 2. The van der Waals surface area contributed by atoms with E-state index in [1.165, 1.54) is 24.0 Å². The zero-order chi connectivity index (χ0) is 13.7. The molecule has 0 unspecified atom stereocenters. The van der Waals surface area contributed by atoms with E-state index < -0.39 is 18.9 Å². The van der Waals surface area contributed by atoms with Crippen LogP contribution in [0.3, 0.4) is 0 Å². The number of alkyl halides is 2. The van der Waals surface area contributed by atoms with Crippen LogP contribution in [-0.4, -0.2) is 47.3 Å². The number of aliphatic hydroxyl groups is 1. The van der Waals surface area contributed by atoms with Crippen molar-refractivity contribution in [3.63, 3.8) is 0 Å². The molecule has 0 aromatic carbocycles. The summed E-state index contributed by atoms with van der Waals surface area (Å²) in [5, 5.41) is 17.6. The summed E-state index contributed by atoms with van der Waals surface area (Å²) in [7, 11) is 0. The summed E-state index contributed by atoms with van der Waals surface area (Å²) in [5.41, 5.74) is 0.275. The monoisotopic (exact) mass is 260 g/mol. The van der Waals surface area contributed by atoms with Gasteiger partial charge in [-0.05, 0) is 19.1 Å². The third kappa shape index (κ3) is 3.63. The van der Waals surface area contributed by atoms with E-state index in [0.29, 0.717) is 0 Å². The molecule has 0 fully saturated rings. The largest absolute Gasteiger partial charge is 0.478 e. The highest BCUT2D eigenvalue weighted by atomic mass is 19.3. The smallest absolute Gasteiger partial charge is 0.337 e. The van der Waals surface area contributed by atoms with E-state index in [0.717, 1.165) is 0 Å². The third-order valence-electron chi connectivity index (χ3n) is 2.35. The van der Waals surface area contributed by atoms with Gasteiger partial charge < -0.3 is 15.1 Å². The first-order valence-corrected chi connectivity index (χ1v) is 5.30. The maximum atomic E-state index is 12.4. The van der Waals surface area contributed by atoms with Crippen molar-refractivity contribution in [3.05, 3.63) is 23.4 Å². The molecule has 0 radical (unpaired) electrons. The first-order valence-electron chi connectivity index (χ1n) is 5.30. The van der Waals surface area contributed by atoms with Crippen LogP contribution in [0, 0.1) is 6.92 Å². The maximum absolute atomic E-state index is 12.4. The second kappa shape index (κ2) is 6.25. The molecule has 0 amide bonds. The van der Waals surface area contributed by atoms with Crippen molar-refractivity contribution in [2.75, 3.05) is 24.6 Å². The summed E-state index contributed by atoms with van der Waals surface area (Å²) in [6, 6.07) is 2.67. The van der Waals surface area contributed by atoms with E-state index in [1.807, 2.05) is 0 Å². The zero-order valence-corrected chi connectivity index (χ0v) is 9.81. The molecule has 5 nitrogen and oxygen atoms in total. The molecule has 0 spiro atoms. The molecule has 0 atom stereocenters. The van der Waals surface area contributed by atoms with Crippen LogP contribution in [0.4, 0.5) is 14.6 Å². The minimum atomic E-state index is -2.56. The fourth-order valence-electron chi connectivity index (χ4n) is 1.54. The van der Waals surface area contributed by atoms with Crippen LogP contribution >= 0.6 is 0 Å². The Morgan fingerprint density at radius 3 is 2.61 bits per heavy atom. The summed E-state index contributed by atoms with van der Waals surface area (Å²) in [5.74, 6) is -0.888. The number of aryl methyl sites for hydroxylation is 1. The molecule has 0 saturated heterocycles. The lowest BCUT2D eigenvalue weighted by Gasteiger charge is -2.22. The van der Waals surface area contributed by atoms with Crippen molar-refractivity contribution >= 4 is 11.8 Å². The molecule has 1 aromatic heterocycles. The molecule has 7 heteroatoms. The number of carboxylic acid groups (broad SMARTS) is 1. The lowest BCUT2D eigenvalue weighted by Crippen LogP contribution is -2.32. The summed E-state index contributed by atoms with van der Waals surface area (Å²) in [4.78, 5) is 16.0. The lowest BCUT2D eigenvalue weighted by atomic mass is 10.2. The van der Waals surface area contributed by atoms with Crippen molar-refractivity contribution in [1.82, 2.24) is 4.98 Å². The van der Waals surface area contributed by atoms with Crippen molar-refractivity contribution in [2.45, 2.75) is 13.3 Å². The average Bonchev–Trinajstić information content (AvgIpc) is 2.27. The predicted octanol–water partition coefficient (Wildman–Crippen LogP) is 1.15. The van der Waals surface area contributed by atoms with Crippen molar-refractivity contribution in [2.24, 2.45) is 0 Å². The predicted molar refractivity (Wildman–Crippen MR) is 61.2 cm³/mol. The quantitative estimate of drug-likeness (QED) is 0.802. The van der Waals surface area contributed by atoms with E-state index in [4.69, 9.17) is 10.2 Å².